The molecule has 9 heteroatoms. The summed E-state index contributed by atoms with van der Waals surface area (Å²) in [5, 5.41) is -0.718. The van der Waals surface area contributed by atoms with Crippen LogP contribution in [0.4, 0.5) is 0 Å². The van der Waals surface area contributed by atoms with Crippen molar-refractivity contribution >= 4 is 23.4 Å². The van der Waals surface area contributed by atoms with Gasteiger partial charge in [-0.1, -0.05) is 103 Å². The molecule has 5 rings (SSSR count). The average molecular weight is 565 g/mol. The molecule has 0 aliphatic carbocycles. The maximum absolute atomic E-state index is 12.9. The first kappa shape index (κ1) is 27.4. The number of benzene rings is 3. The Morgan fingerprint density at radius 2 is 1.26 bits per heavy atom. The highest BCUT2D eigenvalue weighted by Crippen LogP contribution is 2.45. The topological polar surface area (TPSA) is 82.6 Å². The lowest BCUT2D eigenvalue weighted by Crippen LogP contribution is -2.41. The third-order valence-electron chi connectivity index (χ3n) is 6.45. The molecule has 0 saturated carbocycles. The predicted octanol–water partition coefficient (Wildman–Crippen LogP) is 5.19. The fraction of sp³-hybridized carbons (Fsp3) is 0.267. The van der Waals surface area contributed by atoms with Crippen LogP contribution in [0.1, 0.15) is 22.1 Å². The number of nitrogens with zero attached hydrogens (tertiary/aromatic N) is 1. The van der Waals surface area contributed by atoms with Crippen LogP contribution in [0.5, 0.6) is 0 Å². The van der Waals surface area contributed by atoms with E-state index in [1.807, 2.05) is 91.0 Å². The molecule has 202 valence electrons. The average Bonchev–Trinajstić information content (AvgIpc) is 3.31. The number of H-pyrrole nitrogens is 1. The minimum Gasteiger partial charge on any atom is -0.376 e. The maximum Gasteiger partial charge on any atom is 0.329 e. The second-order valence-electron chi connectivity index (χ2n) is 9.23. The summed E-state index contributed by atoms with van der Waals surface area (Å²) in [6.07, 6.45) is 0.446. The fourth-order valence-corrected chi connectivity index (χ4v) is 6.25. The second kappa shape index (κ2) is 13.3. The zero-order valence-corrected chi connectivity index (χ0v) is 22.7. The summed E-state index contributed by atoms with van der Waals surface area (Å²) >= 11 is 7.66. The molecule has 1 aliphatic rings. The Labute approximate surface area is 235 Å². The number of halogens is 1. The normalized spacial score (nSPS) is 20.7. The molecule has 2 heterocycles. The molecular formula is C30H29ClN2O5S. The second-order valence-corrected chi connectivity index (χ2v) is 11.0. The van der Waals surface area contributed by atoms with E-state index < -0.39 is 28.8 Å². The summed E-state index contributed by atoms with van der Waals surface area (Å²) in [6.45, 7) is 1.54. The molecule has 0 radical (unpaired) electrons. The SMILES string of the molecule is O=c1[nH]c(=O)n([C@@H]2S[C@@H](COCc3ccccc3)[C@H](OCc3ccccc3)[C@H]2OCc2ccccc2)cc1Cl. The van der Waals surface area contributed by atoms with Crippen LogP contribution in [-0.2, 0) is 34.0 Å². The van der Waals surface area contributed by atoms with E-state index in [2.05, 4.69) is 4.98 Å². The van der Waals surface area contributed by atoms with Crippen molar-refractivity contribution in [3.05, 3.63) is 140 Å². The molecule has 1 saturated heterocycles. The summed E-state index contributed by atoms with van der Waals surface area (Å²) in [6, 6.07) is 29.7. The van der Waals surface area contributed by atoms with Crippen LogP contribution in [0.25, 0.3) is 0 Å². The van der Waals surface area contributed by atoms with E-state index in [0.717, 1.165) is 16.7 Å². The van der Waals surface area contributed by atoms with Crippen molar-refractivity contribution in [3.8, 4) is 0 Å². The van der Waals surface area contributed by atoms with Crippen LogP contribution in [0.3, 0.4) is 0 Å². The van der Waals surface area contributed by atoms with Crippen molar-refractivity contribution in [2.75, 3.05) is 6.61 Å². The van der Waals surface area contributed by atoms with Crippen LogP contribution < -0.4 is 11.2 Å². The van der Waals surface area contributed by atoms with Crippen molar-refractivity contribution in [2.24, 2.45) is 0 Å². The molecule has 39 heavy (non-hydrogen) atoms. The highest BCUT2D eigenvalue weighted by atomic mass is 35.5. The van der Waals surface area contributed by atoms with E-state index >= 15 is 0 Å². The zero-order chi connectivity index (χ0) is 27.0. The lowest BCUT2D eigenvalue weighted by atomic mass is 10.1. The van der Waals surface area contributed by atoms with Crippen molar-refractivity contribution in [1.82, 2.24) is 9.55 Å². The Hall–Kier alpha value is -3.14. The van der Waals surface area contributed by atoms with Gasteiger partial charge in [0.2, 0.25) is 0 Å². The van der Waals surface area contributed by atoms with Gasteiger partial charge < -0.3 is 14.2 Å². The summed E-state index contributed by atoms with van der Waals surface area (Å²) in [5.41, 5.74) is 1.92. The number of rotatable bonds is 11. The van der Waals surface area contributed by atoms with Gasteiger partial charge in [-0.25, -0.2) is 4.79 Å². The Morgan fingerprint density at radius 3 is 1.82 bits per heavy atom. The smallest absolute Gasteiger partial charge is 0.329 e. The number of thioether (sulfide) groups is 1. The van der Waals surface area contributed by atoms with Crippen LogP contribution in [0.15, 0.2) is 107 Å². The number of hydrogen-bond donors (Lipinski definition) is 1. The summed E-state index contributed by atoms with van der Waals surface area (Å²) < 4.78 is 20.5. The summed E-state index contributed by atoms with van der Waals surface area (Å²) in [4.78, 5) is 27.2. The monoisotopic (exact) mass is 564 g/mol. The van der Waals surface area contributed by atoms with Crippen molar-refractivity contribution in [3.63, 3.8) is 0 Å². The lowest BCUT2D eigenvalue weighted by Gasteiger charge is -2.27. The van der Waals surface area contributed by atoms with E-state index in [9.17, 15) is 9.59 Å². The molecule has 1 aliphatic heterocycles. The van der Waals surface area contributed by atoms with Crippen molar-refractivity contribution in [2.45, 2.75) is 42.7 Å². The molecule has 3 aromatic carbocycles. The zero-order valence-electron chi connectivity index (χ0n) is 21.2. The van der Waals surface area contributed by atoms with E-state index in [4.69, 9.17) is 25.8 Å². The first-order valence-electron chi connectivity index (χ1n) is 12.7. The fourth-order valence-electron chi connectivity index (χ4n) is 4.50. The largest absolute Gasteiger partial charge is 0.376 e. The van der Waals surface area contributed by atoms with Gasteiger partial charge >= 0.3 is 5.69 Å². The molecule has 4 atom stereocenters. The number of aromatic amines is 1. The quantitative estimate of drug-likeness (QED) is 0.270. The number of nitrogens with one attached hydrogen (secondary N) is 1. The van der Waals surface area contributed by atoms with Crippen LogP contribution >= 0.6 is 23.4 Å². The van der Waals surface area contributed by atoms with Gasteiger partial charge in [0.15, 0.2) is 0 Å². The highest BCUT2D eigenvalue weighted by Gasteiger charge is 2.47. The first-order chi connectivity index (χ1) is 19.1. The molecule has 7 nitrogen and oxygen atoms in total. The van der Waals surface area contributed by atoms with E-state index in [1.54, 1.807) is 0 Å². The van der Waals surface area contributed by atoms with Gasteiger partial charge in [-0.3, -0.25) is 14.3 Å². The van der Waals surface area contributed by atoms with E-state index in [1.165, 1.54) is 22.5 Å². The minimum atomic E-state index is -0.623. The Kier molecular flexibility index (Phi) is 9.34. The molecule has 0 spiro atoms. The van der Waals surface area contributed by atoms with Crippen LogP contribution in [0.2, 0.25) is 5.02 Å². The predicted molar refractivity (Wildman–Crippen MR) is 153 cm³/mol. The highest BCUT2D eigenvalue weighted by molar-refractivity contribution is 8.00. The number of ether oxygens (including phenoxy) is 3. The van der Waals surface area contributed by atoms with Crippen molar-refractivity contribution in [1.29, 1.82) is 0 Å². The third-order valence-corrected chi connectivity index (χ3v) is 8.25. The number of aromatic nitrogens is 2. The molecule has 1 fully saturated rings. The van der Waals surface area contributed by atoms with Gasteiger partial charge in [-0.15, -0.1) is 11.8 Å². The molecule has 0 amide bonds. The molecule has 1 aromatic heterocycles. The summed E-state index contributed by atoms with van der Waals surface area (Å²) in [5.74, 6) is 0. The van der Waals surface area contributed by atoms with E-state index in [-0.39, 0.29) is 10.3 Å². The number of hydrogen-bond acceptors (Lipinski definition) is 6. The van der Waals surface area contributed by atoms with Crippen LogP contribution in [-0.4, -0.2) is 33.6 Å². The third kappa shape index (κ3) is 7.09. The van der Waals surface area contributed by atoms with Crippen molar-refractivity contribution < 1.29 is 14.2 Å². The molecule has 4 aromatic rings. The standard InChI is InChI=1S/C30H29ClN2O5S/c31-24-16-33(30(35)32-28(24)34)29-27(38-19-23-14-8-3-9-15-23)26(37-18-22-12-6-2-7-13-22)25(39-29)20-36-17-21-10-4-1-5-11-21/h1-16,25-27,29H,17-20H2,(H,32,34,35)/t25-,26-,27+,29+/m0/s1. The van der Waals surface area contributed by atoms with Gasteiger partial charge in [0.1, 0.15) is 22.6 Å². The molecule has 0 unspecified atom stereocenters. The van der Waals surface area contributed by atoms with Gasteiger partial charge in [0, 0.05) is 6.20 Å². The van der Waals surface area contributed by atoms with Gasteiger partial charge in [0.05, 0.1) is 31.7 Å². The molecule has 1 N–H and O–H groups in total. The van der Waals surface area contributed by atoms with Crippen LogP contribution in [0, 0.1) is 0 Å². The van der Waals surface area contributed by atoms with Gasteiger partial charge in [-0.2, -0.15) is 0 Å². The van der Waals surface area contributed by atoms with Gasteiger partial charge in [0.25, 0.3) is 5.56 Å². The Balaban J connectivity index is 1.43. The first-order valence-corrected chi connectivity index (χ1v) is 14.0. The van der Waals surface area contributed by atoms with Gasteiger partial charge in [-0.05, 0) is 16.7 Å². The molecular weight excluding hydrogens is 536 g/mol. The Morgan fingerprint density at radius 1 is 0.744 bits per heavy atom. The Bertz CT molecular complexity index is 1450. The molecule has 0 bridgehead atoms. The van der Waals surface area contributed by atoms with E-state index in [0.29, 0.717) is 26.4 Å². The lowest BCUT2D eigenvalue weighted by molar-refractivity contribution is -0.0920. The minimum absolute atomic E-state index is 0.0671. The summed E-state index contributed by atoms with van der Waals surface area (Å²) in [7, 11) is 0. The maximum atomic E-state index is 12.9.